The van der Waals surface area contributed by atoms with E-state index in [1.54, 1.807) is 0 Å². The van der Waals surface area contributed by atoms with Gasteiger partial charge in [-0.25, -0.2) is 9.98 Å². The highest BCUT2D eigenvalue weighted by molar-refractivity contribution is 14.0. The monoisotopic (exact) mass is 385 g/mol. The van der Waals surface area contributed by atoms with E-state index in [1.165, 1.54) is 5.56 Å². The average molecular weight is 385 g/mol. The van der Waals surface area contributed by atoms with Crippen LogP contribution in [0.1, 0.15) is 18.2 Å². The number of nitrogens with zero attached hydrogens (tertiary/aromatic N) is 3. The van der Waals surface area contributed by atoms with Crippen LogP contribution in [-0.4, -0.2) is 21.9 Å². The SMILES string of the molecule is C=C(C)CNC(N)=NCc1cn2cc(C)ccc2n1.I. The molecule has 0 radical (unpaired) electrons. The van der Waals surface area contributed by atoms with Crippen LogP contribution in [0, 0.1) is 6.92 Å². The zero-order valence-corrected chi connectivity index (χ0v) is 14.1. The quantitative estimate of drug-likeness (QED) is 0.367. The van der Waals surface area contributed by atoms with Gasteiger partial charge in [0.2, 0.25) is 0 Å². The normalized spacial score (nSPS) is 11.2. The Labute approximate surface area is 136 Å². The lowest BCUT2D eigenvalue weighted by atomic mass is 10.3. The number of aliphatic imine (C=N–C) groups is 1. The number of aryl methyl sites for hydroxylation is 1. The number of aromatic nitrogens is 2. The number of hydrogen-bond acceptors (Lipinski definition) is 2. The molecule has 0 atom stereocenters. The third kappa shape index (κ3) is 4.52. The number of nitrogens with two attached hydrogens (primary N) is 1. The number of rotatable bonds is 4. The number of hydrogen-bond donors (Lipinski definition) is 2. The first-order chi connectivity index (χ1) is 9.04. The van der Waals surface area contributed by atoms with Crippen molar-refractivity contribution in [2.24, 2.45) is 10.7 Å². The maximum absolute atomic E-state index is 5.75. The Hall–Kier alpha value is -1.57. The molecule has 20 heavy (non-hydrogen) atoms. The summed E-state index contributed by atoms with van der Waals surface area (Å²) in [6.45, 7) is 8.89. The molecule has 6 heteroatoms. The van der Waals surface area contributed by atoms with Crippen molar-refractivity contribution in [3.63, 3.8) is 0 Å². The summed E-state index contributed by atoms with van der Waals surface area (Å²) in [5.74, 6) is 0.413. The fraction of sp³-hybridized carbons (Fsp3) is 0.286. The molecule has 0 aromatic carbocycles. The van der Waals surface area contributed by atoms with Crippen molar-refractivity contribution in [3.05, 3.63) is 47.9 Å². The number of guanidine groups is 1. The van der Waals surface area contributed by atoms with Crippen LogP contribution in [0.2, 0.25) is 0 Å². The third-order valence-electron chi connectivity index (χ3n) is 2.63. The van der Waals surface area contributed by atoms with E-state index >= 15 is 0 Å². The molecule has 0 fully saturated rings. The van der Waals surface area contributed by atoms with Crippen molar-refractivity contribution in [2.75, 3.05) is 6.54 Å². The highest BCUT2D eigenvalue weighted by atomic mass is 127. The second-order valence-electron chi connectivity index (χ2n) is 4.72. The largest absolute Gasteiger partial charge is 0.370 e. The second-order valence-corrected chi connectivity index (χ2v) is 4.72. The molecule has 0 amide bonds. The van der Waals surface area contributed by atoms with E-state index in [-0.39, 0.29) is 24.0 Å². The summed E-state index contributed by atoms with van der Waals surface area (Å²) >= 11 is 0. The van der Waals surface area contributed by atoms with Crippen molar-refractivity contribution in [1.29, 1.82) is 0 Å². The lowest BCUT2D eigenvalue weighted by molar-refractivity contribution is 0.928. The van der Waals surface area contributed by atoms with Gasteiger partial charge < -0.3 is 15.5 Å². The summed E-state index contributed by atoms with van der Waals surface area (Å²) in [5.41, 5.74) is 9.78. The number of nitrogens with one attached hydrogen (secondary N) is 1. The van der Waals surface area contributed by atoms with Gasteiger partial charge in [0.15, 0.2) is 5.96 Å². The predicted molar refractivity (Wildman–Crippen MR) is 93.5 cm³/mol. The van der Waals surface area contributed by atoms with E-state index in [1.807, 2.05) is 35.9 Å². The smallest absolute Gasteiger partial charge is 0.189 e. The fourth-order valence-electron chi connectivity index (χ4n) is 1.70. The van der Waals surface area contributed by atoms with E-state index in [2.05, 4.69) is 28.8 Å². The van der Waals surface area contributed by atoms with Gasteiger partial charge in [0.1, 0.15) is 5.65 Å². The third-order valence-corrected chi connectivity index (χ3v) is 2.63. The first kappa shape index (κ1) is 16.5. The molecular formula is C14H20IN5. The molecule has 0 aliphatic rings. The van der Waals surface area contributed by atoms with Gasteiger partial charge in [-0.05, 0) is 25.5 Å². The summed E-state index contributed by atoms with van der Waals surface area (Å²) in [6.07, 6.45) is 4.01. The molecule has 2 aromatic rings. The summed E-state index contributed by atoms with van der Waals surface area (Å²) in [7, 11) is 0. The van der Waals surface area contributed by atoms with Gasteiger partial charge in [-0.1, -0.05) is 18.2 Å². The standard InChI is InChI=1S/C14H19N5.HI/c1-10(2)6-16-14(15)17-7-12-9-19-8-11(3)4-5-13(19)18-12;/h4-5,8-9H,1,6-7H2,2-3H3,(H3,15,16,17);1H. The zero-order chi connectivity index (χ0) is 13.8. The van der Waals surface area contributed by atoms with E-state index in [0.29, 0.717) is 19.0 Å². The van der Waals surface area contributed by atoms with Crippen LogP contribution in [0.15, 0.2) is 41.7 Å². The molecular weight excluding hydrogens is 365 g/mol. The van der Waals surface area contributed by atoms with E-state index in [4.69, 9.17) is 5.73 Å². The van der Waals surface area contributed by atoms with Crippen LogP contribution >= 0.6 is 24.0 Å². The van der Waals surface area contributed by atoms with Gasteiger partial charge in [0.05, 0.1) is 12.2 Å². The molecule has 2 heterocycles. The minimum absolute atomic E-state index is 0. The Bertz CT molecular complexity index is 630. The Balaban J connectivity index is 0.00000200. The maximum atomic E-state index is 5.75. The first-order valence-electron chi connectivity index (χ1n) is 6.17. The minimum atomic E-state index is 0. The molecule has 2 rings (SSSR count). The van der Waals surface area contributed by atoms with Crippen LogP contribution in [0.4, 0.5) is 0 Å². The second kappa shape index (κ2) is 7.28. The average Bonchev–Trinajstić information content (AvgIpc) is 2.75. The van der Waals surface area contributed by atoms with Crippen LogP contribution in [0.25, 0.3) is 5.65 Å². The Morgan fingerprint density at radius 3 is 2.90 bits per heavy atom. The molecule has 0 saturated heterocycles. The summed E-state index contributed by atoms with van der Waals surface area (Å²) in [5, 5.41) is 2.99. The molecule has 108 valence electrons. The van der Waals surface area contributed by atoms with E-state index in [0.717, 1.165) is 16.9 Å². The maximum Gasteiger partial charge on any atom is 0.189 e. The molecule has 3 N–H and O–H groups in total. The number of pyridine rings is 1. The van der Waals surface area contributed by atoms with Crippen molar-refractivity contribution < 1.29 is 0 Å². The zero-order valence-electron chi connectivity index (χ0n) is 11.8. The van der Waals surface area contributed by atoms with Crippen molar-refractivity contribution in [2.45, 2.75) is 20.4 Å². The van der Waals surface area contributed by atoms with Crippen LogP contribution in [0.3, 0.4) is 0 Å². The number of fused-ring (bicyclic) bond motifs is 1. The van der Waals surface area contributed by atoms with E-state index < -0.39 is 0 Å². The summed E-state index contributed by atoms with van der Waals surface area (Å²) in [4.78, 5) is 8.73. The van der Waals surface area contributed by atoms with Gasteiger partial charge in [0.25, 0.3) is 0 Å². The molecule has 0 bridgehead atoms. The van der Waals surface area contributed by atoms with Crippen molar-refractivity contribution >= 4 is 35.6 Å². The Morgan fingerprint density at radius 1 is 1.45 bits per heavy atom. The lowest BCUT2D eigenvalue weighted by Gasteiger charge is -2.03. The minimum Gasteiger partial charge on any atom is -0.370 e. The highest BCUT2D eigenvalue weighted by Gasteiger charge is 2.01. The highest BCUT2D eigenvalue weighted by Crippen LogP contribution is 2.07. The molecule has 2 aromatic heterocycles. The van der Waals surface area contributed by atoms with Crippen LogP contribution < -0.4 is 11.1 Å². The van der Waals surface area contributed by atoms with Crippen molar-refractivity contribution in [3.8, 4) is 0 Å². The molecule has 5 nitrogen and oxygen atoms in total. The van der Waals surface area contributed by atoms with Gasteiger partial charge in [-0.2, -0.15) is 0 Å². The Kier molecular flexibility index (Phi) is 6.00. The molecule has 0 saturated carbocycles. The molecule has 0 aliphatic heterocycles. The first-order valence-corrected chi connectivity index (χ1v) is 6.17. The van der Waals surface area contributed by atoms with Crippen LogP contribution in [0.5, 0.6) is 0 Å². The lowest BCUT2D eigenvalue weighted by Crippen LogP contribution is -2.32. The summed E-state index contributed by atoms with van der Waals surface area (Å²) < 4.78 is 2.00. The number of halogens is 1. The topological polar surface area (TPSA) is 67.7 Å². The van der Waals surface area contributed by atoms with Gasteiger partial charge >= 0.3 is 0 Å². The summed E-state index contributed by atoms with van der Waals surface area (Å²) in [6, 6.07) is 4.03. The van der Waals surface area contributed by atoms with Crippen LogP contribution in [-0.2, 0) is 6.54 Å². The number of imidazole rings is 1. The fourth-order valence-corrected chi connectivity index (χ4v) is 1.70. The van der Waals surface area contributed by atoms with Gasteiger partial charge in [0, 0.05) is 18.9 Å². The molecule has 0 spiro atoms. The molecule has 0 unspecified atom stereocenters. The molecule has 0 aliphatic carbocycles. The van der Waals surface area contributed by atoms with Gasteiger partial charge in [-0.3, -0.25) is 0 Å². The predicted octanol–water partition coefficient (Wildman–Crippen LogP) is 2.24. The van der Waals surface area contributed by atoms with E-state index in [9.17, 15) is 0 Å². The van der Waals surface area contributed by atoms with Crippen molar-refractivity contribution in [1.82, 2.24) is 14.7 Å². The Morgan fingerprint density at radius 2 is 2.20 bits per heavy atom. The van der Waals surface area contributed by atoms with Gasteiger partial charge in [-0.15, -0.1) is 24.0 Å².